The molecule has 0 saturated heterocycles. The van der Waals surface area contributed by atoms with Crippen molar-refractivity contribution < 1.29 is 4.79 Å². The van der Waals surface area contributed by atoms with E-state index in [1.807, 2.05) is 56.1 Å². The quantitative estimate of drug-likeness (QED) is 0.732. The number of thiazole rings is 1. The number of fused-ring (bicyclic) bond motifs is 1. The first kappa shape index (κ1) is 17.6. The second-order valence-corrected chi connectivity index (χ2v) is 7.54. The average molecular weight is 353 g/mol. The van der Waals surface area contributed by atoms with E-state index in [9.17, 15) is 4.79 Å². The molecule has 3 rings (SSSR count). The van der Waals surface area contributed by atoms with E-state index in [0.717, 1.165) is 21.8 Å². The first-order chi connectivity index (χ1) is 11.9. The molecule has 1 heterocycles. The number of carbonyl (C=O) groups is 1. The van der Waals surface area contributed by atoms with Crippen molar-refractivity contribution in [1.82, 2.24) is 9.88 Å². The van der Waals surface area contributed by atoms with Crippen molar-refractivity contribution in [3.63, 3.8) is 0 Å². The number of para-hydroxylation sites is 1. The Kier molecular flexibility index (Phi) is 5.16. The molecule has 0 saturated carbocycles. The van der Waals surface area contributed by atoms with E-state index in [-0.39, 0.29) is 11.9 Å². The number of hydrogen-bond acceptors (Lipinski definition) is 4. The number of aryl methyl sites for hydroxylation is 2. The van der Waals surface area contributed by atoms with Gasteiger partial charge < -0.3 is 5.32 Å². The molecule has 1 amide bonds. The molecule has 3 aromatic rings. The van der Waals surface area contributed by atoms with E-state index in [0.29, 0.717) is 6.54 Å². The van der Waals surface area contributed by atoms with E-state index < -0.39 is 0 Å². The van der Waals surface area contributed by atoms with Crippen LogP contribution in [0.3, 0.4) is 0 Å². The number of hydrogen-bond donors (Lipinski definition) is 1. The van der Waals surface area contributed by atoms with Crippen molar-refractivity contribution in [2.24, 2.45) is 0 Å². The smallest absolute Gasteiger partial charge is 0.238 e. The van der Waals surface area contributed by atoms with Gasteiger partial charge in [-0.25, -0.2) is 4.98 Å². The summed E-state index contributed by atoms with van der Waals surface area (Å²) >= 11 is 1.68. The third kappa shape index (κ3) is 4.06. The van der Waals surface area contributed by atoms with Crippen molar-refractivity contribution in [2.45, 2.75) is 26.8 Å². The number of likely N-dealkylation sites (N-methyl/N-ethyl adjacent to an activating group) is 1. The summed E-state index contributed by atoms with van der Waals surface area (Å²) in [4.78, 5) is 19.1. The summed E-state index contributed by atoms with van der Waals surface area (Å²) < 4.78 is 1.18. The number of nitrogens with zero attached hydrogens (tertiary/aromatic N) is 2. The van der Waals surface area contributed by atoms with Gasteiger partial charge in [0.05, 0.1) is 22.8 Å². The van der Waals surface area contributed by atoms with Crippen LogP contribution < -0.4 is 5.32 Å². The fraction of sp³-hybridized carbons (Fsp3) is 0.300. The normalized spacial score (nSPS) is 12.5. The molecule has 5 heteroatoms. The molecule has 0 spiro atoms. The van der Waals surface area contributed by atoms with Crippen LogP contribution in [0.2, 0.25) is 0 Å². The molecular weight excluding hydrogens is 330 g/mol. The van der Waals surface area contributed by atoms with Gasteiger partial charge in [0, 0.05) is 5.69 Å². The third-order valence-corrected chi connectivity index (χ3v) is 5.58. The lowest BCUT2D eigenvalue weighted by Gasteiger charge is -2.22. The highest BCUT2D eigenvalue weighted by Crippen LogP contribution is 2.28. The Morgan fingerprint density at radius 2 is 2.00 bits per heavy atom. The lowest BCUT2D eigenvalue weighted by atomic mass is 10.1. The Morgan fingerprint density at radius 1 is 1.24 bits per heavy atom. The Morgan fingerprint density at radius 3 is 2.72 bits per heavy atom. The van der Waals surface area contributed by atoms with Crippen molar-refractivity contribution in [3.05, 3.63) is 58.6 Å². The molecular formula is C20H23N3OS. The minimum Gasteiger partial charge on any atom is -0.325 e. The van der Waals surface area contributed by atoms with Gasteiger partial charge in [0.25, 0.3) is 0 Å². The van der Waals surface area contributed by atoms with Gasteiger partial charge in [0.2, 0.25) is 5.91 Å². The Balaban J connectivity index is 1.66. The van der Waals surface area contributed by atoms with E-state index >= 15 is 0 Å². The van der Waals surface area contributed by atoms with Crippen LogP contribution in [0.15, 0.2) is 42.5 Å². The highest BCUT2D eigenvalue weighted by molar-refractivity contribution is 7.18. The molecule has 0 unspecified atom stereocenters. The number of benzene rings is 2. The predicted octanol–water partition coefficient (Wildman–Crippen LogP) is 4.54. The summed E-state index contributed by atoms with van der Waals surface area (Å²) in [5.41, 5.74) is 4.16. The van der Waals surface area contributed by atoms with Crippen LogP contribution >= 0.6 is 11.3 Å². The van der Waals surface area contributed by atoms with Gasteiger partial charge in [-0.1, -0.05) is 29.8 Å². The van der Waals surface area contributed by atoms with E-state index in [2.05, 4.69) is 24.4 Å². The van der Waals surface area contributed by atoms with Gasteiger partial charge in [0.1, 0.15) is 5.01 Å². The SMILES string of the molecule is Cc1ccc(NC(=O)CN(C)[C@H](C)c2nc3ccccc3s2)c(C)c1. The lowest BCUT2D eigenvalue weighted by Crippen LogP contribution is -2.32. The Bertz CT molecular complexity index is 870. The van der Waals surface area contributed by atoms with Crippen LogP contribution in [0.25, 0.3) is 10.2 Å². The number of nitrogens with one attached hydrogen (secondary N) is 1. The molecule has 0 aliphatic rings. The van der Waals surface area contributed by atoms with Crippen molar-refractivity contribution in [3.8, 4) is 0 Å². The first-order valence-corrected chi connectivity index (χ1v) is 9.18. The van der Waals surface area contributed by atoms with Gasteiger partial charge in [-0.15, -0.1) is 11.3 Å². The van der Waals surface area contributed by atoms with Gasteiger partial charge in [0.15, 0.2) is 0 Å². The standard InChI is InChI=1S/C20H23N3OS/c1-13-9-10-16(14(2)11-13)21-19(24)12-23(4)15(3)20-22-17-7-5-6-8-18(17)25-20/h5-11,15H,12H2,1-4H3,(H,21,24)/t15-/m1/s1. The summed E-state index contributed by atoms with van der Waals surface area (Å²) in [6.07, 6.45) is 0. The minimum atomic E-state index is -0.0117. The maximum absolute atomic E-state index is 12.4. The maximum atomic E-state index is 12.4. The highest BCUT2D eigenvalue weighted by Gasteiger charge is 2.18. The molecule has 1 N–H and O–H groups in total. The summed E-state index contributed by atoms with van der Waals surface area (Å²) in [6, 6.07) is 14.2. The van der Waals surface area contributed by atoms with Gasteiger partial charge in [-0.3, -0.25) is 9.69 Å². The zero-order chi connectivity index (χ0) is 18.0. The minimum absolute atomic E-state index is 0.0117. The molecule has 0 aliphatic heterocycles. The molecule has 0 radical (unpaired) electrons. The molecule has 0 aliphatic carbocycles. The first-order valence-electron chi connectivity index (χ1n) is 8.37. The molecule has 2 aromatic carbocycles. The van der Waals surface area contributed by atoms with Crippen molar-refractivity contribution in [1.29, 1.82) is 0 Å². The van der Waals surface area contributed by atoms with E-state index in [1.54, 1.807) is 11.3 Å². The molecule has 130 valence electrons. The van der Waals surface area contributed by atoms with Crippen molar-refractivity contribution in [2.75, 3.05) is 18.9 Å². The lowest BCUT2D eigenvalue weighted by molar-refractivity contribution is -0.117. The molecule has 25 heavy (non-hydrogen) atoms. The predicted molar refractivity (Wildman–Crippen MR) is 105 cm³/mol. The fourth-order valence-electron chi connectivity index (χ4n) is 2.76. The summed E-state index contributed by atoms with van der Waals surface area (Å²) in [6.45, 7) is 6.47. The molecule has 1 atom stereocenters. The number of anilines is 1. The summed E-state index contributed by atoms with van der Waals surface area (Å²) in [7, 11) is 1.96. The molecule has 4 nitrogen and oxygen atoms in total. The number of aromatic nitrogens is 1. The zero-order valence-electron chi connectivity index (χ0n) is 15.0. The Labute approximate surface area is 152 Å². The van der Waals surface area contributed by atoms with Gasteiger partial charge >= 0.3 is 0 Å². The number of rotatable bonds is 5. The molecule has 1 aromatic heterocycles. The third-order valence-electron chi connectivity index (χ3n) is 4.38. The Hall–Kier alpha value is -2.24. The van der Waals surface area contributed by atoms with E-state index in [4.69, 9.17) is 4.98 Å². The maximum Gasteiger partial charge on any atom is 0.238 e. The van der Waals surface area contributed by atoms with Crippen LogP contribution in [0.5, 0.6) is 0 Å². The van der Waals surface area contributed by atoms with Gasteiger partial charge in [-0.2, -0.15) is 0 Å². The second-order valence-electron chi connectivity index (χ2n) is 6.48. The van der Waals surface area contributed by atoms with Crippen LogP contribution in [-0.4, -0.2) is 29.4 Å². The number of amides is 1. The van der Waals surface area contributed by atoms with Crippen LogP contribution in [-0.2, 0) is 4.79 Å². The molecule has 0 bridgehead atoms. The number of carbonyl (C=O) groups excluding carboxylic acids is 1. The second kappa shape index (κ2) is 7.33. The highest BCUT2D eigenvalue weighted by atomic mass is 32.1. The van der Waals surface area contributed by atoms with Crippen molar-refractivity contribution >= 4 is 33.1 Å². The summed E-state index contributed by atoms with van der Waals surface area (Å²) in [5.74, 6) is -0.0117. The van der Waals surface area contributed by atoms with E-state index in [1.165, 1.54) is 10.3 Å². The van der Waals surface area contributed by atoms with Crippen LogP contribution in [0, 0.1) is 13.8 Å². The monoisotopic (exact) mass is 353 g/mol. The van der Waals surface area contributed by atoms with Crippen LogP contribution in [0.1, 0.15) is 29.1 Å². The largest absolute Gasteiger partial charge is 0.325 e. The zero-order valence-corrected chi connectivity index (χ0v) is 15.9. The molecule has 0 fully saturated rings. The average Bonchev–Trinajstić information content (AvgIpc) is 3.00. The fourth-order valence-corrected chi connectivity index (χ4v) is 3.85. The topological polar surface area (TPSA) is 45.2 Å². The van der Waals surface area contributed by atoms with Gasteiger partial charge in [-0.05, 0) is 51.6 Å². The summed E-state index contributed by atoms with van der Waals surface area (Å²) in [5, 5.41) is 4.03. The van der Waals surface area contributed by atoms with Crippen LogP contribution in [0.4, 0.5) is 5.69 Å².